The topological polar surface area (TPSA) is 47.0 Å². The summed E-state index contributed by atoms with van der Waals surface area (Å²) in [6.45, 7) is 2.73. The van der Waals surface area contributed by atoms with Crippen LogP contribution in [0, 0.1) is 6.92 Å². The first-order chi connectivity index (χ1) is 8.70. The molecule has 0 saturated heterocycles. The maximum absolute atomic E-state index is 6.02. The molecule has 0 aliphatic rings. The van der Waals surface area contributed by atoms with Gasteiger partial charge in [0.15, 0.2) is 5.82 Å². The van der Waals surface area contributed by atoms with Gasteiger partial charge in [0.05, 0.1) is 13.3 Å². The Morgan fingerprint density at radius 3 is 2.83 bits per heavy atom. The fraction of sp³-hybridized carbons (Fsp3) is 0.231. The fourth-order valence-electron chi connectivity index (χ4n) is 1.56. The molecule has 0 bridgehead atoms. The van der Waals surface area contributed by atoms with Crippen LogP contribution in [0.3, 0.4) is 0 Å². The molecule has 5 heteroatoms. The van der Waals surface area contributed by atoms with Crippen LogP contribution in [0.2, 0.25) is 5.02 Å². The molecule has 0 aliphatic carbocycles. The predicted octanol–water partition coefficient (Wildman–Crippen LogP) is 3.06. The van der Waals surface area contributed by atoms with Crippen molar-refractivity contribution in [2.75, 3.05) is 12.4 Å². The first-order valence-electron chi connectivity index (χ1n) is 5.55. The second-order valence-corrected chi connectivity index (χ2v) is 4.24. The van der Waals surface area contributed by atoms with Gasteiger partial charge >= 0.3 is 6.01 Å². The lowest BCUT2D eigenvalue weighted by molar-refractivity contribution is 0.380. The Balaban J connectivity index is 2.13. The molecule has 0 fully saturated rings. The summed E-state index contributed by atoms with van der Waals surface area (Å²) < 4.78 is 4.96. The van der Waals surface area contributed by atoms with Gasteiger partial charge in [0.2, 0.25) is 0 Å². The molecule has 2 aromatic rings. The summed E-state index contributed by atoms with van der Waals surface area (Å²) in [6, 6.07) is 8.45. The maximum Gasteiger partial charge on any atom is 0.318 e. The first-order valence-corrected chi connectivity index (χ1v) is 5.93. The lowest BCUT2D eigenvalue weighted by atomic mass is 10.1. The van der Waals surface area contributed by atoms with Crippen molar-refractivity contribution in [3.05, 3.63) is 46.6 Å². The van der Waals surface area contributed by atoms with Crippen LogP contribution >= 0.6 is 11.6 Å². The molecule has 2 rings (SSSR count). The molecule has 1 heterocycles. The van der Waals surface area contributed by atoms with Crippen molar-refractivity contribution in [2.24, 2.45) is 0 Å². The Morgan fingerprint density at radius 1 is 1.33 bits per heavy atom. The normalized spacial score (nSPS) is 10.2. The highest BCUT2D eigenvalue weighted by Gasteiger charge is 2.05. The Morgan fingerprint density at radius 2 is 2.11 bits per heavy atom. The smallest absolute Gasteiger partial charge is 0.318 e. The number of halogens is 1. The minimum Gasteiger partial charge on any atom is -0.467 e. The minimum atomic E-state index is 0.298. The lowest BCUT2D eigenvalue weighted by Gasteiger charge is -2.10. The molecule has 0 spiro atoms. The highest BCUT2D eigenvalue weighted by molar-refractivity contribution is 6.32. The highest BCUT2D eigenvalue weighted by Crippen LogP contribution is 2.21. The van der Waals surface area contributed by atoms with E-state index < -0.39 is 0 Å². The standard InChI is InChI=1S/C13H14ClN3O/c1-9-5-3-4-6-10(9)7-15-12-11(14)8-16-13(17-12)18-2/h3-6,8H,7H2,1-2H3,(H,15,16,17). The average Bonchev–Trinajstić information content (AvgIpc) is 2.39. The molecular weight excluding hydrogens is 250 g/mol. The zero-order valence-electron chi connectivity index (χ0n) is 10.3. The van der Waals surface area contributed by atoms with Gasteiger partial charge in [-0.2, -0.15) is 4.98 Å². The van der Waals surface area contributed by atoms with E-state index >= 15 is 0 Å². The van der Waals surface area contributed by atoms with Gasteiger partial charge in [-0.1, -0.05) is 35.9 Å². The second kappa shape index (κ2) is 5.69. The van der Waals surface area contributed by atoms with Gasteiger partial charge in [-0.25, -0.2) is 4.98 Å². The maximum atomic E-state index is 6.02. The van der Waals surface area contributed by atoms with Gasteiger partial charge < -0.3 is 10.1 Å². The van der Waals surface area contributed by atoms with Gasteiger partial charge in [-0.15, -0.1) is 0 Å². The van der Waals surface area contributed by atoms with Gasteiger partial charge in [0.25, 0.3) is 0 Å². The third kappa shape index (κ3) is 2.90. The number of nitrogens with one attached hydrogen (secondary N) is 1. The number of benzene rings is 1. The average molecular weight is 264 g/mol. The van der Waals surface area contributed by atoms with Crippen molar-refractivity contribution in [1.82, 2.24) is 9.97 Å². The summed E-state index contributed by atoms with van der Waals surface area (Å²) >= 11 is 6.02. The molecule has 0 atom stereocenters. The van der Waals surface area contributed by atoms with Gasteiger partial charge in [-0.3, -0.25) is 0 Å². The van der Waals surface area contributed by atoms with E-state index in [0.717, 1.165) is 0 Å². The summed E-state index contributed by atoms with van der Waals surface area (Å²) in [7, 11) is 1.52. The minimum absolute atomic E-state index is 0.298. The van der Waals surface area contributed by atoms with E-state index in [2.05, 4.69) is 34.3 Å². The van der Waals surface area contributed by atoms with Crippen molar-refractivity contribution in [3.63, 3.8) is 0 Å². The molecule has 0 aliphatic heterocycles. The van der Waals surface area contributed by atoms with E-state index in [1.165, 1.54) is 24.4 Å². The highest BCUT2D eigenvalue weighted by atomic mass is 35.5. The molecule has 0 saturated carbocycles. The van der Waals surface area contributed by atoms with Gasteiger partial charge in [0, 0.05) is 6.54 Å². The summed E-state index contributed by atoms with van der Waals surface area (Å²) in [5.41, 5.74) is 2.42. The second-order valence-electron chi connectivity index (χ2n) is 3.83. The van der Waals surface area contributed by atoms with Crippen LogP contribution < -0.4 is 10.1 Å². The van der Waals surface area contributed by atoms with Crippen LogP contribution in [0.25, 0.3) is 0 Å². The van der Waals surface area contributed by atoms with Gasteiger partial charge in [0.1, 0.15) is 5.02 Å². The fourth-order valence-corrected chi connectivity index (χ4v) is 1.72. The molecule has 1 aromatic heterocycles. The van der Waals surface area contributed by atoms with E-state index in [1.54, 1.807) is 0 Å². The molecule has 0 radical (unpaired) electrons. The van der Waals surface area contributed by atoms with E-state index in [1.807, 2.05) is 12.1 Å². The number of anilines is 1. The molecule has 0 unspecified atom stereocenters. The summed E-state index contributed by atoms with van der Waals surface area (Å²) in [5.74, 6) is 0.576. The Hall–Kier alpha value is -1.81. The Bertz CT molecular complexity index is 546. The third-order valence-electron chi connectivity index (χ3n) is 2.61. The molecule has 1 aromatic carbocycles. The van der Waals surface area contributed by atoms with E-state index in [-0.39, 0.29) is 0 Å². The van der Waals surface area contributed by atoms with Gasteiger partial charge in [-0.05, 0) is 18.1 Å². The van der Waals surface area contributed by atoms with Crippen LogP contribution in [0.4, 0.5) is 5.82 Å². The zero-order valence-corrected chi connectivity index (χ0v) is 11.0. The molecule has 1 N–H and O–H groups in total. The Labute approximate surface area is 111 Å². The number of aromatic nitrogens is 2. The van der Waals surface area contributed by atoms with Crippen LogP contribution in [0.5, 0.6) is 6.01 Å². The SMILES string of the molecule is COc1ncc(Cl)c(NCc2ccccc2C)n1. The number of nitrogens with zero attached hydrogens (tertiary/aromatic N) is 2. The van der Waals surface area contributed by atoms with Crippen molar-refractivity contribution in [2.45, 2.75) is 13.5 Å². The third-order valence-corrected chi connectivity index (χ3v) is 2.89. The van der Waals surface area contributed by atoms with Crippen LogP contribution in [0.15, 0.2) is 30.5 Å². The summed E-state index contributed by atoms with van der Waals surface area (Å²) in [6.07, 6.45) is 1.52. The quantitative estimate of drug-likeness (QED) is 0.921. The number of aryl methyl sites for hydroxylation is 1. The summed E-state index contributed by atoms with van der Waals surface area (Å²) in [5, 5.41) is 3.66. The largest absolute Gasteiger partial charge is 0.467 e. The van der Waals surface area contributed by atoms with Crippen molar-refractivity contribution in [3.8, 4) is 6.01 Å². The Kier molecular flexibility index (Phi) is 3.99. The van der Waals surface area contributed by atoms with Crippen LogP contribution in [-0.2, 0) is 6.54 Å². The zero-order chi connectivity index (χ0) is 13.0. The van der Waals surface area contributed by atoms with Crippen molar-refractivity contribution >= 4 is 17.4 Å². The van der Waals surface area contributed by atoms with Crippen molar-refractivity contribution in [1.29, 1.82) is 0 Å². The van der Waals surface area contributed by atoms with E-state index in [9.17, 15) is 0 Å². The van der Waals surface area contributed by atoms with Crippen LogP contribution in [0.1, 0.15) is 11.1 Å². The summed E-state index contributed by atoms with van der Waals surface area (Å²) in [4.78, 5) is 8.08. The first kappa shape index (κ1) is 12.6. The number of rotatable bonds is 4. The molecule has 4 nitrogen and oxygen atoms in total. The molecule has 0 amide bonds. The number of hydrogen-bond acceptors (Lipinski definition) is 4. The number of hydrogen-bond donors (Lipinski definition) is 1. The van der Waals surface area contributed by atoms with E-state index in [0.29, 0.717) is 23.4 Å². The lowest BCUT2D eigenvalue weighted by Crippen LogP contribution is -2.05. The number of methoxy groups -OCH3 is 1. The monoisotopic (exact) mass is 263 g/mol. The molecule has 94 valence electrons. The number of ether oxygens (including phenoxy) is 1. The molecular formula is C13H14ClN3O. The predicted molar refractivity (Wildman–Crippen MR) is 72.1 cm³/mol. The van der Waals surface area contributed by atoms with E-state index in [4.69, 9.17) is 16.3 Å². The van der Waals surface area contributed by atoms with Crippen molar-refractivity contribution < 1.29 is 4.74 Å². The van der Waals surface area contributed by atoms with Crippen LogP contribution in [-0.4, -0.2) is 17.1 Å². The molecule has 18 heavy (non-hydrogen) atoms.